The van der Waals surface area contributed by atoms with Gasteiger partial charge in [0.2, 0.25) is 5.76 Å². The van der Waals surface area contributed by atoms with Crippen molar-refractivity contribution in [2.75, 3.05) is 0 Å². The van der Waals surface area contributed by atoms with Gasteiger partial charge in [0.1, 0.15) is 6.07 Å². The van der Waals surface area contributed by atoms with Crippen LogP contribution in [0.5, 0.6) is 0 Å². The fraction of sp³-hybridized carbons (Fsp3) is 0.444. The smallest absolute Gasteiger partial charge is 0.206 e. The first-order valence-electron chi connectivity index (χ1n) is 3.85. The molecule has 2 heteroatoms. The SMILES string of the molecule is CCCCc1ccoc1C#N. The lowest BCUT2D eigenvalue weighted by Crippen LogP contribution is -1.83. The van der Waals surface area contributed by atoms with Gasteiger partial charge in [-0.2, -0.15) is 5.26 Å². The van der Waals surface area contributed by atoms with E-state index in [0.29, 0.717) is 5.76 Å². The molecule has 2 nitrogen and oxygen atoms in total. The lowest BCUT2D eigenvalue weighted by molar-refractivity contribution is 0.548. The minimum Gasteiger partial charge on any atom is -0.454 e. The van der Waals surface area contributed by atoms with E-state index in [1.54, 1.807) is 6.26 Å². The van der Waals surface area contributed by atoms with Crippen molar-refractivity contribution in [1.82, 2.24) is 0 Å². The summed E-state index contributed by atoms with van der Waals surface area (Å²) in [7, 11) is 0. The Morgan fingerprint density at radius 3 is 3.09 bits per heavy atom. The van der Waals surface area contributed by atoms with Crippen LogP contribution in [0.15, 0.2) is 16.7 Å². The van der Waals surface area contributed by atoms with Gasteiger partial charge in [0, 0.05) is 5.56 Å². The summed E-state index contributed by atoms with van der Waals surface area (Å²) in [6.07, 6.45) is 4.80. The zero-order valence-corrected chi connectivity index (χ0v) is 6.63. The van der Waals surface area contributed by atoms with Crippen LogP contribution in [0.2, 0.25) is 0 Å². The summed E-state index contributed by atoms with van der Waals surface area (Å²) < 4.78 is 4.95. The van der Waals surface area contributed by atoms with Gasteiger partial charge in [-0.15, -0.1) is 0 Å². The normalized spacial score (nSPS) is 9.45. The van der Waals surface area contributed by atoms with Crippen LogP contribution in [-0.4, -0.2) is 0 Å². The lowest BCUT2D eigenvalue weighted by atomic mass is 10.1. The van der Waals surface area contributed by atoms with Gasteiger partial charge in [0.05, 0.1) is 6.26 Å². The minimum absolute atomic E-state index is 0.471. The molecule has 0 bridgehead atoms. The number of nitrogens with zero attached hydrogens (tertiary/aromatic N) is 1. The highest BCUT2D eigenvalue weighted by Crippen LogP contribution is 2.11. The molecule has 58 valence electrons. The van der Waals surface area contributed by atoms with Crippen molar-refractivity contribution in [3.63, 3.8) is 0 Å². The highest BCUT2D eigenvalue weighted by atomic mass is 16.3. The van der Waals surface area contributed by atoms with E-state index >= 15 is 0 Å². The van der Waals surface area contributed by atoms with E-state index in [0.717, 1.165) is 24.8 Å². The van der Waals surface area contributed by atoms with Crippen molar-refractivity contribution in [1.29, 1.82) is 5.26 Å². The van der Waals surface area contributed by atoms with Crippen molar-refractivity contribution in [3.05, 3.63) is 23.7 Å². The number of unbranched alkanes of at least 4 members (excludes halogenated alkanes) is 1. The molecular weight excluding hydrogens is 138 g/mol. The van der Waals surface area contributed by atoms with Gasteiger partial charge >= 0.3 is 0 Å². The Hall–Kier alpha value is -1.23. The number of hydrogen-bond donors (Lipinski definition) is 0. The van der Waals surface area contributed by atoms with Crippen LogP contribution in [0, 0.1) is 11.3 Å². The standard InChI is InChI=1S/C9H11NO/c1-2-3-4-8-5-6-11-9(8)7-10/h5-6H,2-4H2,1H3. The summed E-state index contributed by atoms with van der Waals surface area (Å²) in [5, 5.41) is 8.56. The van der Waals surface area contributed by atoms with E-state index in [4.69, 9.17) is 9.68 Å². The maximum absolute atomic E-state index is 8.56. The van der Waals surface area contributed by atoms with Gasteiger partial charge in [0.25, 0.3) is 0 Å². The molecule has 0 saturated carbocycles. The molecule has 11 heavy (non-hydrogen) atoms. The van der Waals surface area contributed by atoms with E-state index in [-0.39, 0.29) is 0 Å². The summed E-state index contributed by atoms with van der Waals surface area (Å²) in [4.78, 5) is 0. The molecule has 0 fully saturated rings. The second-order valence-electron chi connectivity index (χ2n) is 2.49. The van der Waals surface area contributed by atoms with Crippen LogP contribution in [-0.2, 0) is 6.42 Å². The molecule has 1 heterocycles. The van der Waals surface area contributed by atoms with E-state index in [1.165, 1.54) is 0 Å². The lowest BCUT2D eigenvalue weighted by Gasteiger charge is -1.92. The molecule has 0 spiro atoms. The van der Waals surface area contributed by atoms with Crippen LogP contribution >= 0.6 is 0 Å². The Labute approximate surface area is 66.4 Å². The monoisotopic (exact) mass is 149 g/mol. The number of aryl methyl sites for hydroxylation is 1. The Kier molecular flexibility index (Phi) is 2.74. The molecule has 0 unspecified atom stereocenters. The maximum atomic E-state index is 8.56. The van der Waals surface area contributed by atoms with Crippen molar-refractivity contribution in [3.8, 4) is 6.07 Å². The van der Waals surface area contributed by atoms with Gasteiger partial charge < -0.3 is 4.42 Å². The average Bonchev–Trinajstić information content (AvgIpc) is 2.47. The van der Waals surface area contributed by atoms with E-state index < -0.39 is 0 Å². The first-order chi connectivity index (χ1) is 5.38. The molecule has 0 amide bonds. The number of nitriles is 1. The molecule has 0 atom stereocenters. The van der Waals surface area contributed by atoms with Gasteiger partial charge in [0.15, 0.2) is 0 Å². The zero-order valence-electron chi connectivity index (χ0n) is 6.63. The highest BCUT2D eigenvalue weighted by molar-refractivity contribution is 5.27. The second-order valence-corrected chi connectivity index (χ2v) is 2.49. The molecule has 0 radical (unpaired) electrons. The van der Waals surface area contributed by atoms with Crippen LogP contribution in [0.25, 0.3) is 0 Å². The maximum Gasteiger partial charge on any atom is 0.206 e. The summed E-state index contributed by atoms with van der Waals surface area (Å²) >= 11 is 0. The zero-order chi connectivity index (χ0) is 8.10. The molecule has 1 aromatic rings. The molecular formula is C9H11NO. The van der Waals surface area contributed by atoms with Crippen LogP contribution < -0.4 is 0 Å². The highest BCUT2D eigenvalue weighted by Gasteiger charge is 2.02. The topological polar surface area (TPSA) is 36.9 Å². The molecule has 0 N–H and O–H groups in total. The predicted octanol–water partition coefficient (Wildman–Crippen LogP) is 2.49. The summed E-state index contributed by atoms with van der Waals surface area (Å²) in [5.41, 5.74) is 1.04. The molecule has 0 aliphatic carbocycles. The van der Waals surface area contributed by atoms with Crippen LogP contribution in [0.4, 0.5) is 0 Å². The second kappa shape index (κ2) is 3.82. The van der Waals surface area contributed by atoms with Gasteiger partial charge in [-0.25, -0.2) is 0 Å². The third kappa shape index (κ3) is 1.84. The minimum atomic E-state index is 0.471. The Morgan fingerprint density at radius 2 is 2.45 bits per heavy atom. The molecule has 1 rings (SSSR count). The fourth-order valence-electron chi connectivity index (χ4n) is 0.998. The van der Waals surface area contributed by atoms with E-state index in [1.807, 2.05) is 12.1 Å². The first-order valence-corrected chi connectivity index (χ1v) is 3.85. The first kappa shape index (κ1) is 7.87. The van der Waals surface area contributed by atoms with Crippen molar-refractivity contribution in [2.45, 2.75) is 26.2 Å². The van der Waals surface area contributed by atoms with E-state index in [9.17, 15) is 0 Å². The average molecular weight is 149 g/mol. The Bertz CT molecular complexity index is 257. The quantitative estimate of drug-likeness (QED) is 0.662. The summed E-state index contributed by atoms with van der Waals surface area (Å²) in [6, 6.07) is 3.89. The Balaban J connectivity index is 2.63. The number of hydrogen-bond acceptors (Lipinski definition) is 2. The van der Waals surface area contributed by atoms with Gasteiger partial charge in [-0.05, 0) is 18.9 Å². The molecule has 0 saturated heterocycles. The van der Waals surface area contributed by atoms with Gasteiger partial charge in [-0.1, -0.05) is 13.3 Å². The number of rotatable bonds is 3. The Morgan fingerprint density at radius 1 is 1.64 bits per heavy atom. The third-order valence-corrected chi connectivity index (χ3v) is 1.65. The summed E-state index contributed by atoms with van der Waals surface area (Å²) in [6.45, 7) is 2.13. The molecule has 0 aliphatic rings. The largest absolute Gasteiger partial charge is 0.454 e. The van der Waals surface area contributed by atoms with Crippen molar-refractivity contribution >= 4 is 0 Å². The van der Waals surface area contributed by atoms with Crippen LogP contribution in [0.3, 0.4) is 0 Å². The molecule has 1 aromatic heterocycles. The summed E-state index contributed by atoms with van der Waals surface area (Å²) in [5.74, 6) is 0.471. The van der Waals surface area contributed by atoms with Gasteiger partial charge in [-0.3, -0.25) is 0 Å². The third-order valence-electron chi connectivity index (χ3n) is 1.65. The number of furan rings is 1. The predicted molar refractivity (Wildman–Crippen MR) is 42.0 cm³/mol. The fourth-order valence-corrected chi connectivity index (χ4v) is 0.998. The van der Waals surface area contributed by atoms with Crippen molar-refractivity contribution < 1.29 is 4.42 Å². The van der Waals surface area contributed by atoms with E-state index in [2.05, 4.69) is 6.92 Å². The molecule has 0 aromatic carbocycles. The van der Waals surface area contributed by atoms with Crippen molar-refractivity contribution in [2.24, 2.45) is 0 Å². The molecule has 0 aliphatic heterocycles. The van der Waals surface area contributed by atoms with Crippen LogP contribution in [0.1, 0.15) is 31.1 Å².